The number of nitrogens with zero attached hydrogens (tertiary/aromatic N) is 3. The summed E-state index contributed by atoms with van der Waals surface area (Å²) >= 11 is 0. The Labute approximate surface area is 183 Å². The number of likely N-dealkylation sites (N-methyl/N-ethyl adjacent to an activating group) is 2. The zero-order valence-electron chi connectivity index (χ0n) is 18.8. The second kappa shape index (κ2) is 9.66. The molecule has 1 unspecified atom stereocenters. The minimum atomic E-state index is -0.250. The number of hydrogen-bond donors (Lipinski definition) is 2. The number of benzene rings is 2. The van der Waals surface area contributed by atoms with E-state index in [1.54, 1.807) is 19.0 Å². The molecule has 3 aromatic rings. The van der Waals surface area contributed by atoms with Gasteiger partial charge in [-0.1, -0.05) is 29.8 Å². The maximum atomic E-state index is 12.5. The fraction of sp³-hybridized carbons (Fsp3) is 0.333. The first kappa shape index (κ1) is 22.4. The smallest absolute Gasteiger partial charge is 0.319 e. The predicted octanol–water partition coefficient (Wildman–Crippen LogP) is 3.46. The van der Waals surface area contributed by atoms with Crippen molar-refractivity contribution in [3.8, 4) is 0 Å². The highest BCUT2D eigenvalue weighted by Gasteiger charge is 2.15. The van der Waals surface area contributed by atoms with Crippen molar-refractivity contribution in [1.29, 1.82) is 0 Å². The molecule has 1 heterocycles. The van der Waals surface area contributed by atoms with E-state index in [9.17, 15) is 9.59 Å². The summed E-state index contributed by atoms with van der Waals surface area (Å²) in [6.07, 6.45) is 1.89. The maximum absolute atomic E-state index is 12.5. The van der Waals surface area contributed by atoms with Crippen molar-refractivity contribution >= 4 is 28.5 Å². The summed E-state index contributed by atoms with van der Waals surface area (Å²) in [5.74, 6) is 0.0307. The van der Waals surface area contributed by atoms with Crippen LogP contribution in [0.5, 0.6) is 0 Å². The first-order valence-electron chi connectivity index (χ1n) is 10.3. The molecule has 1 atom stereocenters. The third-order valence-electron chi connectivity index (χ3n) is 5.37. The van der Waals surface area contributed by atoms with Gasteiger partial charge in [0.2, 0.25) is 5.91 Å². The number of anilines is 1. The van der Waals surface area contributed by atoms with Gasteiger partial charge in [0.15, 0.2) is 0 Å². The monoisotopic (exact) mass is 421 g/mol. The van der Waals surface area contributed by atoms with Gasteiger partial charge in [0.05, 0.1) is 6.04 Å². The zero-order valence-corrected chi connectivity index (χ0v) is 18.8. The molecule has 7 heteroatoms. The van der Waals surface area contributed by atoms with E-state index in [2.05, 4.69) is 46.7 Å². The number of nitrogens with one attached hydrogen (secondary N) is 2. The Kier molecular flexibility index (Phi) is 6.97. The Morgan fingerprint density at radius 1 is 1.00 bits per heavy atom. The van der Waals surface area contributed by atoms with Crippen LogP contribution in [0.3, 0.4) is 0 Å². The molecular formula is C24H31N5O2. The first-order valence-corrected chi connectivity index (χ1v) is 10.3. The van der Waals surface area contributed by atoms with Gasteiger partial charge >= 0.3 is 6.03 Å². The number of aromatic nitrogens is 1. The molecule has 0 saturated heterocycles. The third kappa shape index (κ3) is 5.64. The van der Waals surface area contributed by atoms with E-state index < -0.39 is 0 Å². The summed E-state index contributed by atoms with van der Waals surface area (Å²) in [5, 5.41) is 6.84. The van der Waals surface area contributed by atoms with Crippen molar-refractivity contribution in [1.82, 2.24) is 19.7 Å². The minimum Gasteiger partial charge on any atom is -0.347 e. The van der Waals surface area contributed by atoms with E-state index in [0.29, 0.717) is 12.2 Å². The lowest BCUT2D eigenvalue weighted by molar-refractivity contribution is -0.129. The normalized spacial score (nSPS) is 12.1. The zero-order chi connectivity index (χ0) is 22.5. The van der Waals surface area contributed by atoms with Gasteiger partial charge in [-0.15, -0.1) is 0 Å². The fourth-order valence-electron chi connectivity index (χ4n) is 3.45. The lowest BCUT2D eigenvalue weighted by Crippen LogP contribution is -2.36. The lowest BCUT2D eigenvalue weighted by Gasteiger charge is -2.25. The van der Waals surface area contributed by atoms with Crippen molar-refractivity contribution in [2.75, 3.05) is 40.1 Å². The average Bonchev–Trinajstić information content (AvgIpc) is 3.11. The van der Waals surface area contributed by atoms with Crippen LogP contribution in [0.25, 0.3) is 10.9 Å². The quantitative estimate of drug-likeness (QED) is 0.614. The average molecular weight is 422 g/mol. The summed E-state index contributed by atoms with van der Waals surface area (Å²) in [6, 6.07) is 15.8. The van der Waals surface area contributed by atoms with Crippen molar-refractivity contribution in [3.63, 3.8) is 0 Å². The van der Waals surface area contributed by atoms with Crippen LogP contribution in [-0.4, -0.2) is 61.0 Å². The number of hydrogen-bond acceptors (Lipinski definition) is 3. The molecule has 3 amide bonds. The van der Waals surface area contributed by atoms with Crippen molar-refractivity contribution < 1.29 is 9.59 Å². The first-order chi connectivity index (χ1) is 14.7. The van der Waals surface area contributed by atoms with Gasteiger partial charge in [-0.3, -0.25) is 4.79 Å². The van der Waals surface area contributed by atoms with Crippen LogP contribution in [0.2, 0.25) is 0 Å². The van der Waals surface area contributed by atoms with E-state index >= 15 is 0 Å². The second-order valence-electron chi connectivity index (χ2n) is 8.23. The van der Waals surface area contributed by atoms with Crippen LogP contribution >= 0.6 is 0 Å². The molecule has 0 fully saturated rings. The number of carbonyl (C=O) groups is 2. The Balaban J connectivity index is 1.63. The number of fused-ring (bicyclic) bond motifs is 1. The van der Waals surface area contributed by atoms with Gasteiger partial charge in [0.25, 0.3) is 0 Å². The molecule has 0 radical (unpaired) electrons. The van der Waals surface area contributed by atoms with Crippen LogP contribution in [-0.2, 0) is 11.3 Å². The highest BCUT2D eigenvalue weighted by molar-refractivity contribution is 5.93. The topological polar surface area (TPSA) is 69.6 Å². The van der Waals surface area contributed by atoms with Crippen LogP contribution in [0, 0.1) is 6.92 Å². The van der Waals surface area contributed by atoms with Crippen molar-refractivity contribution in [2.24, 2.45) is 0 Å². The fourth-order valence-corrected chi connectivity index (χ4v) is 3.45. The summed E-state index contributed by atoms with van der Waals surface area (Å²) < 4.78 is 1.91. The van der Waals surface area contributed by atoms with Crippen LogP contribution in [0.1, 0.15) is 17.2 Å². The van der Waals surface area contributed by atoms with Gasteiger partial charge in [-0.2, -0.15) is 0 Å². The van der Waals surface area contributed by atoms with Crippen molar-refractivity contribution in [2.45, 2.75) is 19.5 Å². The number of rotatable bonds is 7. The molecule has 1 aromatic heterocycles. The summed E-state index contributed by atoms with van der Waals surface area (Å²) in [4.78, 5) is 28.2. The van der Waals surface area contributed by atoms with Gasteiger partial charge < -0.3 is 25.0 Å². The SMILES string of the molecule is Cc1ccc(C(CNC(=O)Nc2ccc3c(ccn3CC(=O)N(C)C)c2)N(C)C)cc1. The van der Waals surface area contributed by atoms with Gasteiger partial charge in [-0.05, 0) is 50.8 Å². The molecule has 0 aliphatic heterocycles. The molecule has 0 saturated carbocycles. The maximum Gasteiger partial charge on any atom is 0.319 e. The Morgan fingerprint density at radius 3 is 2.35 bits per heavy atom. The summed E-state index contributed by atoms with van der Waals surface area (Å²) in [5.41, 5.74) is 4.03. The largest absolute Gasteiger partial charge is 0.347 e. The molecule has 0 aliphatic carbocycles. The molecule has 31 heavy (non-hydrogen) atoms. The minimum absolute atomic E-state index is 0.0307. The Bertz CT molecular complexity index is 1050. The predicted molar refractivity (Wildman–Crippen MR) is 125 cm³/mol. The molecule has 7 nitrogen and oxygen atoms in total. The number of carbonyl (C=O) groups excluding carboxylic acids is 2. The summed E-state index contributed by atoms with van der Waals surface area (Å²) in [6.45, 7) is 2.84. The van der Waals surface area contributed by atoms with Crippen LogP contribution < -0.4 is 10.6 Å². The molecule has 164 valence electrons. The summed E-state index contributed by atoms with van der Waals surface area (Å²) in [7, 11) is 7.50. The Hall–Kier alpha value is -3.32. The van der Waals surface area contributed by atoms with E-state index in [4.69, 9.17) is 0 Å². The molecule has 2 N–H and O–H groups in total. The molecule has 0 aliphatic rings. The van der Waals surface area contributed by atoms with Crippen LogP contribution in [0.4, 0.5) is 10.5 Å². The number of urea groups is 1. The number of amides is 3. The highest BCUT2D eigenvalue weighted by atomic mass is 16.2. The molecule has 0 bridgehead atoms. The van der Waals surface area contributed by atoms with E-state index in [-0.39, 0.29) is 24.5 Å². The third-order valence-corrected chi connectivity index (χ3v) is 5.37. The standard InChI is InChI=1S/C24H31N5O2/c1-17-6-8-18(9-7-17)22(27(2)3)15-25-24(31)26-20-10-11-21-19(14-20)12-13-29(21)16-23(30)28(4)5/h6-14,22H,15-16H2,1-5H3,(H2,25,26,31). The lowest BCUT2D eigenvalue weighted by atomic mass is 10.0. The van der Waals surface area contributed by atoms with Crippen LogP contribution in [0.15, 0.2) is 54.7 Å². The van der Waals surface area contributed by atoms with Gasteiger partial charge in [0.1, 0.15) is 6.54 Å². The molecule has 2 aromatic carbocycles. The van der Waals surface area contributed by atoms with Gasteiger partial charge in [0, 0.05) is 43.4 Å². The molecule has 3 rings (SSSR count). The van der Waals surface area contributed by atoms with E-state index in [1.807, 2.05) is 49.1 Å². The molecular weight excluding hydrogens is 390 g/mol. The number of aryl methyl sites for hydroxylation is 1. The molecule has 0 spiro atoms. The van der Waals surface area contributed by atoms with Crippen molar-refractivity contribution in [3.05, 3.63) is 65.9 Å². The van der Waals surface area contributed by atoms with Gasteiger partial charge in [-0.25, -0.2) is 4.79 Å². The van der Waals surface area contributed by atoms with E-state index in [1.165, 1.54) is 5.56 Å². The second-order valence-corrected chi connectivity index (χ2v) is 8.23. The highest BCUT2D eigenvalue weighted by Crippen LogP contribution is 2.21. The Morgan fingerprint density at radius 2 is 1.71 bits per heavy atom. The van der Waals surface area contributed by atoms with E-state index in [0.717, 1.165) is 16.5 Å².